The summed E-state index contributed by atoms with van der Waals surface area (Å²) in [6.45, 7) is 0.00977. The second-order valence-corrected chi connectivity index (χ2v) is 10.7. The molecule has 0 bridgehead atoms. The number of rotatable bonds is 19. The highest BCUT2D eigenvalue weighted by molar-refractivity contribution is 7.86. The Morgan fingerprint density at radius 1 is 0.600 bits per heavy atom. The number of esters is 2. The van der Waals surface area contributed by atoms with Crippen molar-refractivity contribution in [1.29, 1.82) is 0 Å². The monoisotopic (exact) mass is 630 g/mol. The van der Waals surface area contributed by atoms with Crippen LogP contribution in [-0.4, -0.2) is 60.6 Å². The summed E-state index contributed by atoms with van der Waals surface area (Å²) in [7, 11) is -6.50. The summed E-state index contributed by atoms with van der Waals surface area (Å²) in [6.07, 6.45) is -14.5. The van der Waals surface area contributed by atoms with Crippen LogP contribution >= 0.6 is 0 Å². The van der Waals surface area contributed by atoms with Crippen LogP contribution in [0.1, 0.15) is 90.4 Å². The smallest absolute Gasteiger partial charge is 0.432 e. The first-order valence-electron chi connectivity index (χ1n) is 12.3. The maximum Gasteiger partial charge on any atom is 0.432 e. The van der Waals surface area contributed by atoms with Crippen LogP contribution in [0.2, 0.25) is 0 Å². The van der Waals surface area contributed by atoms with Crippen molar-refractivity contribution < 1.29 is 75.9 Å². The van der Waals surface area contributed by atoms with E-state index in [0.29, 0.717) is 32.1 Å². The van der Waals surface area contributed by atoms with Crippen molar-refractivity contribution in [3.63, 3.8) is 0 Å². The Hall–Kier alpha value is -1.85. The van der Waals surface area contributed by atoms with Crippen molar-refractivity contribution in [3.05, 3.63) is 0 Å². The maximum atomic E-state index is 13.4. The van der Waals surface area contributed by atoms with Crippen molar-refractivity contribution in [3.8, 4) is 0 Å². The van der Waals surface area contributed by atoms with Crippen molar-refractivity contribution in [2.24, 2.45) is 0 Å². The Bertz CT molecular complexity index is 870. The van der Waals surface area contributed by atoms with Crippen LogP contribution in [0.5, 0.6) is 0 Å². The lowest BCUT2D eigenvalue weighted by molar-refractivity contribution is -0.273. The van der Waals surface area contributed by atoms with Gasteiger partial charge in [0.1, 0.15) is 0 Å². The molecule has 0 saturated heterocycles. The molecule has 0 aromatic carbocycles. The minimum atomic E-state index is -6.50. The highest BCUT2D eigenvalue weighted by atomic mass is 32.2. The Labute approximate surface area is 224 Å². The zero-order valence-electron chi connectivity index (χ0n) is 21.4. The molecule has 0 radical (unpaired) electrons. The first-order chi connectivity index (χ1) is 18.0. The van der Waals surface area contributed by atoms with E-state index in [1.807, 2.05) is 0 Å². The van der Waals surface area contributed by atoms with Gasteiger partial charge in [-0.3, -0.25) is 14.1 Å². The average Bonchev–Trinajstić information content (AvgIpc) is 2.75. The van der Waals surface area contributed by atoms with Gasteiger partial charge in [0.15, 0.2) is 0 Å². The molecular weight excluding hydrogens is 598 g/mol. The van der Waals surface area contributed by atoms with Crippen molar-refractivity contribution in [2.45, 2.75) is 126 Å². The van der Waals surface area contributed by atoms with E-state index in [4.69, 9.17) is 4.55 Å². The minimum Gasteiger partial charge on any atom is -0.446 e. The van der Waals surface area contributed by atoms with Gasteiger partial charge >= 0.3 is 39.7 Å². The Balaban J connectivity index is 3.99. The van der Waals surface area contributed by atoms with Gasteiger partial charge in [0, 0.05) is 19.8 Å². The SMILES string of the molecule is CC(F)(F)C(OC(=O)CCCCCCCCCCCCCC(=O)OC(C(F)(F)F)C(F)(F)S(=O)(=O)O)C(F)(F)F. The minimum absolute atomic E-state index is 0.00977. The number of hydrogen-bond donors (Lipinski definition) is 1. The number of ether oxygens (including phenoxy) is 2. The third-order valence-electron chi connectivity index (χ3n) is 5.46. The summed E-state index contributed by atoms with van der Waals surface area (Å²) in [5, 5.41) is -5.78. The molecule has 0 fully saturated rings. The summed E-state index contributed by atoms with van der Waals surface area (Å²) < 4.78 is 166. The molecule has 0 aliphatic heterocycles. The van der Waals surface area contributed by atoms with Crippen LogP contribution in [0.15, 0.2) is 0 Å². The third kappa shape index (κ3) is 14.7. The molecular formula is C22H32F10O7S. The number of alkyl halides is 10. The summed E-state index contributed by atoms with van der Waals surface area (Å²) in [4.78, 5) is 22.9. The molecule has 7 nitrogen and oxygen atoms in total. The van der Waals surface area contributed by atoms with Crippen molar-refractivity contribution in [1.82, 2.24) is 0 Å². The van der Waals surface area contributed by atoms with Crippen LogP contribution < -0.4 is 0 Å². The highest BCUT2D eigenvalue weighted by Gasteiger charge is 2.66. The largest absolute Gasteiger partial charge is 0.446 e. The standard InChI is InChI=1S/C22H32F10O7S/c1-19(23,24)17(20(25,26)27)38-15(33)13-11-9-7-5-3-2-4-6-8-10-12-14-16(34)39-18(21(28,29)30)22(31,32)40(35,36)37/h17-18H,2-14H2,1H3,(H,35,36,37). The summed E-state index contributed by atoms with van der Waals surface area (Å²) in [6, 6.07) is 0. The first kappa shape index (κ1) is 38.1. The van der Waals surface area contributed by atoms with Crippen molar-refractivity contribution >= 4 is 22.1 Å². The van der Waals surface area contributed by atoms with E-state index in [2.05, 4.69) is 9.47 Å². The van der Waals surface area contributed by atoms with Gasteiger partial charge < -0.3 is 9.47 Å². The molecule has 0 aliphatic rings. The second kappa shape index (κ2) is 16.0. The lowest BCUT2D eigenvalue weighted by Gasteiger charge is -2.26. The van der Waals surface area contributed by atoms with Gasteiger partial charge in [-0.1, -0.05) is 57.8 Å². The molecule has 40 heavy (non-hydrogen) atoms. The van der Waals surface area contributed by atoms with Crippen LogP contribution in [0.3, 0.4) is 0 Å². The fourth-order valence-electron chi connectivity index (χ4n) is 3.43. The van der Waals surface area contributed by atoms with Crippen LogP contribution in [0, 0.1) is 0 Å². The average molecular weight is 631 g/mol. The molecule has 18 heteroatoms. The Morgan fingerprint density at radius 3 is 1.12 bits per heavy atom. The number of hydrogen-bond acceptors (Lipinski definition) is 6. The van der Waals surface area contributed by atoms with Gasteiger partial charge in [-0.2, -0.15) is 43.5 Å². The molecule has 0 aliphatic carbocycles. The van der Waals surface area contributed by atoms with E-state index in [9.17, 15) is 61.9 Å². The molecule has 0 heterocycles. The van der Waals surface area contributed by atoms with Gasteiger partial charge in [-0.15, -0.1) is 0 Å². The maximum absolute atomic E-state index is 13.4. The number of halogens is 10. The van der Waals surface area contributed by atoms with Gasteiger partial charge in [-0.05, 0) is 12.8 Å². The van der Waals surface area contributed by atoms with E-state index in [1.54, 1.807) is 0 Å². The zero-order chi connectivity index (χ0) is 31.4. The predicted molar refractivity (Wildman–Crippen MR) is 119 cm³/mol. The topological polar surface area (TPSA) is 107 Å². The molecule has 0 rings (SSSR count). The number of carbonyl (C=O) groups is 2. The number of unbranched alkanes of at least 4 members (excludes halogenated alkanes) is 10. The summed E-state index contributed by atoms with van der Waals surface area (Å²) in [5.41, 5.74) is 0. The molecule has 2 atom stereocenters. The van der Waals surface area contributed by atoms with E-state index in [0.717, 1.165) is 25.7 Å². The fraction of sp³-hybridized carbons (Fsp3) is 0.909. The lowest BCUT2D eigenvalue weighted by Crippen LogP contribution is -2.52. The molecule has 0 spiro atoms. The Morgan fingerprint density at radius 2 is 0.875 bits per heavy atom. The highest BCUT2D eigenvalue weighted by Crippen LogP contribution is 2.38. The van der Waals surface area contributed by atoms with Crippen LogP contribution in [-0.2, 0) is 29.2 Å². The van der Waals surface area contributed by atoms with E-state index >= 15 is 0 Å². The quantitative estimate of drug-likeness (QED) is 0.0700. The number of carbonyl (C=O) groups excluding carboxylic acids is 2. The molecule has 0 saturated carbocycles. The van der Waals surface area contributed by atoms with Gasteiger partial charge in [0.05, 0.1) is 0 Å². The van der Waals surface area contributed by atoms with Gasteiger partial charge in [0.2, 0.25) is 0 Å². The zero-order valence-corrected chi connectivity index (χ0v) is 22.2. The van der Waals surface area contributed by atoms with Gasteiger partial charge in [0.25, 0.3) is 18.1 Å². The van der Waals surface area contributed by atoms with Crippen molar-refractivity contribution in [2.75, 3.05) is 0 Å². The molecule has 238 valence electrons. The normalized spacial score (nSPS) is 15.0. The van der Waals surface area contributed by atoms with E-state index in [1.165, 1.54) is 0 Å². The Kier molecular flexibility index (Phi) is 15.2. The molecule has 0 amide bonds. The van der Waals surface area contributed by atoms with Crippen LogP contribution in [0.25, 0.3) is 0 Å². The summed E-state index contributed by atoms with van der Waals surface area (Å²) >= 11 is 0. The first-order valence-corrected chi connectivity index (χ1v) is 13.7. The molecule has 2 unspecified atom stereocenters. The molecule has 0 aromatic heterocycles. The fourth-order valence-corrected chi connectivity index (χ4v) is 3.88. The van der Waals surface area contributed by atoms with Gasteiger partial charge in [-0.25, -0.2) is 8.78 Å². The molecule has 0 aromatic rings. The van der Waals surface area contributed by atoms with E-state index < -0.39 is 70.6 Å². The molecule has 1 N–H and O–H groups in total. The van der Waals surface area contributed by atoms with Crippen LogP contribution in [0.4, 0.5) is 43.9 Å². The third-order valence-corrected chi connectivity index (χ3v) is 6.37. The van der Waals surface area contributed by atoms with E-state index in [-0.39, 0.29) is 19.8 Å². The lowest BCUT2D eigenvalue weighted by atomic mass is 10.0. The second-order valence-electron chi connectivity index (χ2n) is 9.21. The summed E-state index contributed by atoms with van der Waals surface area (Å²) in [5.74, 6) is -7.34. The predicted octanol–water partition coefficient (Wildman–Crippen LogP) is 7.14.